The van der Waals surface area contributed by atoms with Gasteiger partial charge in [0.2, 0.25) is 0 Å². The Balaban J connectivity index is 2.20. The van der Waals surface area contributed by atoms with Crippen LogP contribution < -0.4 is 19.6 Å². The second kappa shape index (κ2) is 7.31. The van der Waals surface area contributed by atoms with E-state index in [1.807, 2.05) is 0 Å². The van der Waals surface area contributed by atoms with Gasteiger partial charge in [0.15, 0.2) is 11.5 Å². The third-order valence-corrected chi connectivity index (χ3v) is 2.98. The predicted molar refractivity (Wildman–Crippen MR) is 83.7 cm³/mol. The van der Waals surface area contributed by atoms with Crippen LogP contribution in [0.25, 0.3) is 0 Å². The Morgan fingerprint density at radius 1 is 0.909 bits per heavy atom. The van der Waals surface area contributed by atoms with Crippen LogP contribution in [0.2, 0.25) is 0 Å². The fourth-order valence-corrected chi connectivity index (χ4v) is 1.85. The molecular weight excluding hydrogens is 287 g/mol. The third kappa shape index (κ3) is 3.66. The van der Waals surface area contributed by atoms with Gasteiger partial charge in [0, 0.05) is 11.6 Å². The molecule has 6 heteroatoms. The smallest absolute Gasteiger partial charge is 0.164 e. The lowest BCUT2D eigenvalue weighted by Gasteiger charge is -2.11. The van der Waals surface area contributed by atoms with Crippen molar-refractivity contribution in [3.63, 3.8) is 0 Å². The highest BCUT2D eigenvalue weighted by molar-refractivity contribution is 5.85. The Morgan fingerprint density at radius 3 is 2.09 bits per heavy atom. The zero-order valence-electron chi connectivity index (χ0n) is 12.6. The highest BCUT2D eigenvalue weighted by Gasteiger charge is 2.10. The van der Waals surface area contributed by atoms with Crippen molar-refractivity contribution < 1.29 is 18.6 Å². The van der Waals surface area contributed by atoms with Crippen LogP contribution in [0.15, 0.2) is 41.5 Å². The van der Waals surface area contributed by atoms with Crippen LogP contribution in [0, 0.1) is 5.82 Å². The van der Waals surface area contributed by atoms with Crippen LogP contribution in [0.3, 0.4) is 0 Å². The molecule has 0 aliphatic heterocycles. The van der Waals surface area contributed by atoms with Crippen molar-refractivity contribution in [3.8, 4) is 17.2 Å². The number of halogens is 1. The van der Waals surface area contributed by atoms with Crippen molar-refractivity contribution in [1.29, 1.82) is 0 Å². The van der Waals surface area contributed by atoms with E-state index in [-0.39, 0.29) is 5.82 Å². The lowest BCUT2D eigenvalue weighted by molar-refractivity contribution is 0.349. The molecule has 0 saturated carbocycles. The Labute approximate surface area is 128 Å². The first kappa shape index (κ1) is 15.6. The van der Waals surface area contributed by atoms with Gasteiger partial charge in [-0.05, 0) is 30.3 Å². The van der Waals surface area contributed by atoms with Crippen LogP contribution in [-0.4, -0.2) is 27.5 Å². The molecule has 0 aliphatic carbocycles. The number of hydrazone groups is 1. The van der Waals surface area contributed by atoms with Gasteiger partial charge in [-0.2, -0.15) is 5.10 Å². The van der Waals surface area contributed by atoms with Crippen molar-refractivity contribution in [2.24, 2.45) is 5.10 Å². The maximum atomic E-state index is 12.8. The molecular formula is C16H17FN2O3. The van der Waals surface area contributed by atoms with Crippen LogP contribution in [0.5, 0.6) is 17.2 Å². The van der Waals surface area contributed by atoms with E-state index in [4.69, 9.17) is 14.2 Å². The highest BCUT2D eigenvalue weighted by atomic mass is 19.1. The lowest BCUT2D eigenvalue weighted by Crippen LogP contribution is -1.98. The van der Waals surface area contributed by atoms with Crippen molar-refractivity contribution in [2.45, 2.75) is 0 Å². The van der Waals surface area contributed by atoms with Gasteiger partial charge in [-0.1, -0.05) is 0 Å². The summed E-state index contributed by atoms with van der Waals surface area (Å²) >= 11 is 0. The molecule has 0 aliphatic rings. The molecule has 0 bridgehead atoms. The van der Waals surface area contributed by atoms with E-state index in [2.05, 4.69) is 10.5 Å². The second-order valence-corrected chi connectivity index (χ2v) is 4.33. The fraction of sp³-hybridized carbons (Fsp3) is 0.188. The van der Waals surface area contributed by atoms with Crippen molar-refractivity contribution >= 4 is 11.9 Å². The number of nitrogens with zero attached hydrogens (tertiary/aromatic N) is 1. The average Bonchev–Trinajstić information content (AvgIpc) is 2.56. The Kier molecular flexibility index (Phi) is 5.19. The van der Waals surface area contributed by atoms with Gasteiger partial charge in [0.05, 0.1) is 33.2 Å². The van der Waals surface area contributed by atoms with Gasteiger partial charge < -0.3 is 14.2 Å². The van der Waals surface area contributed by atoms with Gasteiger partial charge >= 0.3 is 0 Å². The molecule has 2 aromatic rings. The van der Waals surface area contributed by atoms with Gasteiger partial charge in [0.1, 0.15) is 11.6 Å². The van der Waals surface area contributed by atoms with Gasteiger partial charge in [-0.15, -0.1) is 0 Å². The standard InChI is InChI=1S/C16H17FN2O3/c1-20-14-9-16(22-3)15(21-2)8-11(14)10-18-19-13-6-4-12(17)5-7-13/h4-10,19H,1-3H3/b18-10+. The topological polar surface area (TPSA) is 52.1 Å². The van der Waals surface area contributed by atoms with Crippen LogP contribution in [0.1, 0.15) is 5.56 Å². The molecule has 0 spiro atoms. The van der Waals surface area contributed by atoms with E-state index in [1.165, 1.54) is 12.1 Å². The van der Waals surface area contributed by atoms with Gasteiger partial charge in [-0.25, -0.2) is 4.39 Å². The molecule has 0 atom stereocenters. The van der Waals surface area contributed by atoms with Crippen LogP contribution in [-0.2, 0) is 0 Å². The van der Waals surface area contributed by atoms with Gasteiger partial charge in [0.25, 0.3) is 0 Å². The molecule has 0 aromatic heterocycles. The summed E-state index contributed by atoms with van der Waals surface area (Å²) in [5.41, 5.74) is 4.21. The van der Waals surface area contributed by atoms with E-state index in [0.29, 0.717) is 22.9 Å². The Morgan fingerprint density at radius 2 is 1.50 bits per heavy atom. The Hall–Kier alpha value is -2.76. The molecule has 0 heterocycles. The monoisotopic (exact) mass is 304 g/mol. The number of hydrogen-bond donors (Lipinski definition) is 1. The molecule has 0 saturated heterocycles. The van der Waals surface area contributed by atoms with Crippen molar-refractivity contribution in [2.75, 3.05) is 26.8 Å². The first-order valence-electron chi connectivity index (χ1n) is 6.52. The van der Waals surface area contributed by atoms with Crippen molar-refractivity contribution in [1.82, 2.24) is 0 Å². The number of anilines is 1. The summed E-state index contributed by atoms with van der Waals surface area (Å²) < 4.78 is 28.6. The zero-order valence-corrected chi connectivity index (χ0v) is 12.6. The molecule has 0 amide bonds. The summed E-state index contributed by atoms with van der Waals surface area (Å²) in [5.74, 6) is 1.45. The van der Waals surface area contributed by atoms with E-state index < -0.39 is 0 Å². The molecule has 5 nitrogen and oxygen atoms in total. The summed E-state index contributed by atoms with van der Waals surface area (Å²) in [6.07, 6.45) is 1.59. The van der Waals surface area contributed by atoms with Gasteiger partial charge in [-0.3, -0.25) is 5.43 Å². The SMILES string of the molecule is COc1cc(OC)c(OC)cc1/C=N/Nc1ccc(F)cc1. The first-order chi connectivity index (χ1) is 10.7. The molecule has 2 rings (SSSR count). The second-order valence-electron chi connectivity index (χ2n) is 4.33. The lowest BCUT2D eigenvalue weighted by atomic mass is 10.2. The first-order valence-corrected chi connectivity index (χ1v) is 6.52. The third-order valence-electron chi connectivity index (χ3n) is 2.98. The minimum atomic E-state index is -0.295. The number of rotatable bonds is 6. The fourth-order valence-electron chi connectivity index (χ4n) is 1.85. The Bertz CT molecular complexity index is 657. The largest absolute Gasteiger partial charge is 0.496 e. The molecule has 1 N–H and O–H groups in total. The van der Waals surface area contributed by atoms with Crippen LogP contribution in [0.4, 0.5) is 10.1 Å². The number of hydrogen-bond acceptors (Lipinski definition) is 5. The summed E-state index contributed by atoms with van der Waals surface area (Å²) in [4.78, 5) is 0. The molecule has 0 fully saturated rings. The van der Waals surface area contributed by atoms with E-state index >= 15 is 0 Å². The van der Waals surface area contributed by atoms with Crippen LogP contribution >= 0.6 is 0 Å². The summed E-state index contributed by atoms with van der Waals surface area (Å²) in [5, 5.41) is 4.11. The maximum absolute atomic E-state index is 12.8. The number of benzene rings is 2. The maximum Gasteiger partial charge on any atom is 0.164 e. The quantitative estimate of drug-likeness (QED) is 0.657. The van der Waals surface area contributed by atoms with Crippen molar-refractivity contribution in [3.05, 3.63) is 47.8 Å². The minimum absolute atomic E-state index is 0.295. The number of ether oxygens (including phenoxy) is 3. The minimum Gasteiger partial charge on any atom is -0.496 e. The molecule has 116 valence electrons. The number of nitrogens with one attached hydrogen (secondary N) is 1. The molecule has 0 radical (unpaired) electrons. The summed E-state index contributed by atoms with van der Waals surface area (Å²) in [6.45, 7) is 0. The predicted octanol–water partition coefficient (Wildman–Crippen LogP) is 3.30. The molecule has 2 aromatic carbocycles. The molecule has 0 unspecified atom stereocenters. The summed E-state index contributed by atoms with van der Waals surface area (Å²) in [6, 6.07) is 9.38. The van der Waals surface area contributed by atoms with E-state index in [9.17, 15) is 4.39 Å². The zero-order chi connectivity index (χ0) is 15.9. The van der Waals surface area contributed by atoms with E-state index in [1.54, 1.807) is 51.8 Å². The normalized spacial score (nSPS) is 10.5. The van der Waals surface area contributed by atoms with E-state index in [0.717, 1.165) is 5.56 Å². The summed E-state index contributed by atoms with van der Waals surface area (Å²) in [7, 11) is 4.68. The molecule has 22 heavy (non-hydrogen) atoms. The average molecular weight is 304 g/mol. The highest BCUT2D eigenvalue weighted by Crippen LogP contribution is 2.33. The number of methoxy groups -OCH3 is 3.